The minimum absolute atomic E-state index is 0.151. The lowest BCUT2D eigenvalue weighted by atomic mass is 10.2. The van der Waals surface area contributed by atoms with Gasteiger partial charge in [0, 0.05) is 38.8 Å². The molecule has 0 bridgehead atoms. The predicted molar refractivity (Wildman–Crippen MR) is 136 cm³/mol. The van der Waals surface area contributed by atoms with Gasteiger partial charge in [0.25, 0.3) is 5.56 Å². The third-order valence-electron chi connectivity index (χ3n) is 6.37. The molecule has 0 unspecified atom stereocenters. The van der Waals surface area contributed by atoms with Crippen LogP contribution < -0.4 is 24.7 Å². The molecule has 0 aliphatic carbocycles. The highest BCUT2D eigenvalue weighted by molar-refractivity contribution is 7.89. The van der Waals surface area contributed by atoms with Gasteiger partial charge in [-0.15, -0.1) is 6.58 Å². The SMILES string of the molecule is C=CCn1c(N2CCN(S(=O)(=O)c3cc(C)ccc3OC)CC2)nc2cc3c(cc2c1=O)OCCO3. The van der Waals surface area contributed by atoms with Crippen molar-refractivity contribution in [2.45, 2.75) is 18.4 Å². The Balaban J connectivity index is 1.47. The molecule has 2 aromatic carbocycles. The smallest absolute Gasteiger partial charge is 0.263 e. The van der Waals surface area contributed by atoms with Gasteiger partial charge in [0.1, 0.15) is 23.9 Å². The van der Waals surface area contributed by atoms with Crippen LogP contribution in [-0.2, 0) is 16.6 Å². The molecule has 3 heterocycles. The zero-order valence-corrected chi connectivity index (χ0v) is 21.1. The number of nitrogens with zero attached hydrogens (tertiary/aromatic N) is 4. The van der Waals surface area contributed by atoms with Gasteiger partial charge in [0.05, 0.1) is 18.0 Å². The van der Waals surface area contributed by atoms with Crippen molar-refractivity contribution in [2.24, 2.45) is 0 Å². The van der Waals surface area contributed by atoms with E-state index in [2.05, 4.69) is 6.58 Å². The van der Waals surface area contributed by atoms with Crippen molar-refractivity contribution in [1.29, 1.82) is 0 Å². The second-order valence-corrected chi connectivity index (χ2v) is 10.6. The summed E-state index contributed by atoms with van der Waals surface area (Å²) in [6.45, 7) is 7.96. The molecule has 2 aliphatic rings. The van der Waals surface area contributed by atoms with Crippen molar-refractivity contribution in [1.82, 2.24) is 13.9 Å². The molecule has 0 saturated carbocycles. The monoisotopic (exact) mass is 512 g/mol. The fourth-order valence-corrected chi connectivity index (χ4v) is 6.20. The van der Waals surface area contributed by atoms with Crippen molar-refractivity contribution in [3.05, 3.63) is 58.9 Å². The molecule has 1 saturated heterocycles. The maximum absolute atomic E-state index is 13.4. The highest BCUT2D eigenvalue weighted by Crippen LogP contribution is 2.34. The minimum Gasteiger partial charge on any atom is -0.495 e. The minimum atomic E-state index is -3.76. The fraction of sp³-hybridized carbons (Fsp3) is 0.360. The van der Waals surface area contributed by atoms with Gasteiger partial charge in [0.2, 0.25) is 16.0 Å². The van der Waals surface area contributed by atoms with Crippen LogP contribution in [0.15, 0.2) is 52.7 Å². The van der Waals surface area contributed by atoms with Crippen LogP contribution in [-0.4, -0.2) is 68.8 Å². The Hall–Kier alpha value is -3.57. The molecular weight excluding hydrogens is 484 g/mol. The van der Waals surface area contributed by atoms with Gasteiger partial charge < -0.3 is 19.1 Å². The molecule has 2 aliphatic heterocycles. The summed E-state index contributed by atoms with van der Waals surface area (Å²) in [5.41, 5.74) is 1.11. The Morgan fingerprint density at radius 3 is 2.44 bits per heavy atom. The number of benzene rings is 2. The number of hydrogen-bond donors (Lipinski definition) is 0. The Morgan fingerprint density at radius 1 is 1.08 bits per heavy atom. The summed E-state index contributed by atoms with van der Waals surface area (Å²) in [7, 11) is -2.30. The maximum Gasteiger partial charge on any atom is 0.263 e. The Morgan fingerprint density at radius 2 is 1.78 bits per heavy atom. The molecule has 1 aromatic heterocycles. The summed E-state index contributed by atoms with van der Waals surface area (Å²) in [6, 6.07) is 8.49. The summed E-state index contributed by atoms with van der Waals surface area (Å²) in [5, 5.41) is 0.428. The number of methoxy groups -OCH3 is 1. The number of fused-ring (bicyclic) bond motifs is 2. The van der Waals surface area contributed by atoms with E-state index in [0.717, 1.165) is 5.56 Å². The number of anilines is 1. The number of aryl methyl sites for hydroxylation is 1. The lowest BCUT2D eigenvalue weighted by molar-refractivity contribution is 0.172. The van der Waals surface area contributed by atoms with E-state index >= 15 is 0 Å². The van der Waals surface area contributed by atoms with Gasteiger partial charge in [-0.2, -0.15) is 4.31 Å². The zero-order chi connectivity index (χ0) is 25.4. The van der Waals surface area contributed by atoms with Crippen molar-refractivity contribution in [3.8, 4) is 17.2 Å². The third-order valence-corrected chi connectivity index (χ3v) is 8.29. The van der Waals surface area contributed by atoms with Crippen LogP contribution in [0.3, 0.4) is 0 Å². The summed E-state index contributed by atoms with van der Waals surface area (Å²) >= 11 is 0. The standard InChI is InChI=1S/C25H28N4O6S/c1-4-7-29-24(30)18-15-21-22(35-13-12-34-21)16-19(18)26-25(29)27-8-10-28(11-9-27)36(31,32)23-14-17(2)5-6-20(23)33-3/h4-6,14-16H,1,7-13H2,2-3H3. The number of sulfonamides is 1. The van der Waals surface area contributed by atoms with Crippen LogP contribution in [0.25, 0.3) is 10.9 Å². The average Bonchev–Trinajstić information content (AvgIpc) is 2.89. The van der Waals surface area contributed by atoms with E-state index in [4.69, 9.17) is 19.2 Å². The largest absolute Gasteiger partial charge is 0.495 e. The molecule has 10 nitrogen and oxygen atoms in total. The quantitative estimate of drug-likeness (QED) is 0.463. The molecule has 0 atom stereocenters. The van der Waals surface area contributed by atoms with E-state index in [9.17, 15) is 13.2 Å². The van der Waals surface area contributed by atoms with E-state index in [1.807, 2.05) is 17.9 Å². The normalized spacial score (nSPS) is 16.2. The molecular formula is C25H28N4O6S. The second kappa shape index (κ2) is 9.47. The lowest BCUT2D eigenvalue weighted by Gasteiger charge is -2.35. The lowest BCUT2D eigenvalue weighted by Crippen LogP contribution is -2.50. The summed E-state index contributed by atoms with van der Waals surface area (Å²) in [4.78, 5) is 20.3. The first-order valence-electron chi connectivity index (χ1n) is 11.7. The molecule has 5 rings (SSSR count). The van der Waals surface area contributed by atoms with Crippen molar-refractivity contribution in [2.75, 3.05) is 51.4 Å². The van der Waals surface area contributed by atoms with Gasteiger partial charge in [-0.25, -0.2) is 13.4 Å². The number of aromatic nitrogens is 2. The van der Waals surface area contributed by atoms with Crippen LogP contribution >= 0.6 is 0 Å². The molecule has 36 heavy (non-hydrogen) atoms. The predicted octanol–water partition coefficient (Wildman–Crippen LogP) is 2.18. The zero-order valence-electron chi connectivity index (χ0n) is 20.3. The second-order valence-electron chi connectivity index (χ2n) is 8.67. The topological polar surface area (TPSA) is 103 Å². The Labute approximate surface area is 209 Å². The van der Waals surface area contributed by atoms with Gasteiger partial charge in [-0.3, -0.25) is 9.36 Å². The molecule has 11 heteroatoms. The van der Waals surface area contributed by atoms with E-state index < -0.39 is 10.0 Å². The molecule has 0 N–H and O–H groups in total. The molecule has 3 aromatic rings. The molecule has 1 fully saturated rings. The van der Waals surface area contributed by atoms with Gasteiger partial charge in [-0.05, 0) is 30.7 Å². The van der Waals surface area contributed by atoms with E-state index in [0.29, 0.717) is 60.4 Å². The Bertz CT molecular complexity index is 1490. The van der Waals surface area contributed by atoms with Crippen LogP contribution in [0.2, 0.25) is 0 Å². The van der Waals surface area contributed by atoms with Crippen molar-refractivity contribution < 1.29 is 22.6 Å². The number of ether oxygens (including phenoxy) is 3. The van der Waals surface area contributed by atoms with Gasteiger partial charge >= 0.3 is 0 Å². The van der Waals surface area contributed by atoms with E-state index in [-0.39, 0.29) is 30.1 Å². The summed E-state index contributed by atoms with van der Waals surface area (Å²) in [6.07, 6.45) is 1.64. The first-order valence-corrected chi connectivity index (χ1v) is 13.1. The fourth-order valence-electron chi connectivity index (χ4n) is 4.53. The number of piperazine rings is 1. The highest BCUT2D eigenvalue weighted by atomic mass is 32.2. The number of rotatable bonds is 6. The maximum atomic E-state index is 13.4. The molecule has 0 spiro atoms. The Kier molecular flexibility index (Phi) is 6.35. The van der Waals surface area contributed by atoms with Crippen LogP contribution in [0.5, 0.6) is 17.2 Å². The van der Waals surface area contributed by atoms with Crippen LogP contribution in [0.4, 0.5) is 5.95 Å². The highest BCUT2D eigenvalue weighted by Gasteiger charge is 2.32. The first kappa shape index (κ1) is 24.1. The summed E-state index contributed by atoms with van der Waals surface area (Å²) < 4.78 is 46.4. The first-order chi connectivity index (χ1) is 17.3. The van der Waals surface area contributed by atoms with Crippen LogP contribution in [0, 0.1) is 6.92 Å². The van der Waals surface area contributed by atoms with Gasteiger partial charge in [-0.1, -0.05) is 12.1 Å². The summed E-state index contributed by atoms with van der Waals surface area (Å²) in [5.74, 6) is 1.86. The number of allylic oxidation sites excluding steroid dienone is 1. The van der Waals surface area contributed by atoms with E-state index in [1.54, 1.807) is 34.9 Å². The molecule has 0 amide bonds. The molecule has 190 valence electrons. The van der Waals surface area contributed by atoms with E-state index in [1.165, 1.54) is 11.4 Å². The average molecular weight is 513 g/mol. The van der Waals surface area contributed by atoms with Gasteiger partial charge in [0.15, 0.2) is 11.5 Å². The third kappa shape index (κ3) is 4.18. The van der Waals surface area contributed by atoms with Crippen molar-refractivity contribution in [3.63, 3.8) is 0 Å². The van der Waals surface area contributed by atoms with Crippen LogP contribution in [0.1, 0.15) is 5.56 Å². The molecule has 0 radical (unpaired) electrons. The number of hydrogen-bond acceptors (Lipinski definition) is 8. The van der Waals surface area contributed by atoms with Crippen molar-refractivity contribution >= 4 is 26.9 Å².